The summed E-state index contributed by atoms with van der Waals surface area (Å²) in [7, 11) is 6.79. The quantitative estimate of drug-likeness (QED) is 0.0418. The van der Waals surface area contributed by atoms with Crippen LogP contribution < -0.4 is 34.2 Å². The second-order valence-corrected chi connectivity index (χ2v) is 23.9. The predicted molar refractivity (Wildman–Crippen MR) is 305 cm³/mol. The molecule has 0 aliphatic carbocycles. The Balaban J connectivity index is 0.984. The molecule has 13 nitrogen and oxygen atoms in total. The third-order valence-corrected chi connectivity index (χ3v) is 17.9. The van der Waals surface area contributed by atoms with Crippen molar-refractivity contribution in [1.29, 1.82) is 0 Å². The van der Waals surface area contributed by atoms with Crippen LogP contribution >= 0.6 is 21.6 Å². The molecule has 9 rings (SSSR count). The molecule has 1 N–H and O–H groups in total. The molecular weight excluding hydrogens is 997 g/mol. The second-order valence-electron chi connectivity index (χ2n) is 20.8. The van der Waals surface area contributed by atoms with E-state index in [1.54, 1.807) is 35.8 Å². The van der Waals surface area contributed by atoms with Crippen LogP contribution in [0, 0.1) is 6.92 Å². The lowest BCUT2D eigenvalue weighted by molar-refractivity contribution is -0.120. The van der Waals surface area contributed by atoms with Crippen LogP contribution in [0.1, 0.15) is 106 Å². The molecule has 76 heavy (non-hydrogen) atoms. The molecule has 404 valence electrons. The highest BCUT2D eigenvalue weighted by Crippen LogP contribution is 2.43. The van der Waals surface area contributed by atoms with E-state index in [1.807, 2.05) is 59.2 Å². The Morgan fingerprint density at radius 3 is 1.91 bits per heavy atom. The van der Waals surface area contributed by atoms with Gasteiger partial charge in [-0.1, -0.05) is 64.9 Å². The number of amides is 3. The zero-order chi connectivity index (χ0) is 53.2. The van der Waals surface area contributed by atoms with Gasteiger partial charge in [0.1, 0.15) is 19.0 Å². The number of hydrogen-bond acceptors (Lipinski definition) is 12. The highest BCUT2D eigenvalue weighted by molar-refractivity contribution is 8.77. The van der Waals surface area contributed by atoms with Crippen LogP contribution in [0.3, 0.4) is 0 Å². The molecule has 5 aromatic carbocycles. The zero-order valence-corrected chi connectivity index (χ0v) is 46.7. The fraction of sp³-hybridized carbons (Fsp3) is 0.459. The first-order chi connectivity index (χ1) is 36.9. The maximum absolute atomic E-state index is 14.3. The van der Waals surface area contributed by atoms with Crippen molar-refractivity contribution in [1.82, 2.24) is 5.32 Å². The molecule has 5 aromatic rings. The zero-order valence-electron chi connectivity index (χ0n) is 45.1. The van der Waals surface area contributed by atoms with Crippen LogP contribution in [0.25, 0.3) is 0 Å². The van der Waals surface area contributed by atoms with Crippen molar-refractivity contribution in [3.63, 3.8) is 0 Å². The molecular formula is C61H74N4O9S2. The molecule has 0 radical (unpaired) electrons. The molecule has 4 heterocycles. The second kappa shape index (κ2) is 25.6. The first-order valence-corrected chi connectivity index (χ1v) is 29.3. The lowest BCUT2D eigenvalue weighted by Gasteiger charge is -2.34. The smallest absolute Gasteiger partial charge is 0.258 e. The summed E-state index contributed by atoms with van der Waals surface area (Å²) in [5.41, 5.74) is 11.6. The van der Waals surface area contributed by atoms with Crippen LogP contribution in [0.15, 0.2) is 91.0 Å². The molecule has 0 saturated heterocycles. The van der Waals surface area contributed by atoms with Gasteiger partial charge in [-0.2, -0.15) is 0 Å². The van der Waals surface area contributed by atoms with Gasteiger partial charge in [0.15, 0.2) is 11.5 Å². The van der Waals surface area contributed by atoms with E-state index in [4.69, 9.17) is 28.4 Å². The largest absolute Gasteiger partial charge is 0.493 e. The van der Waals surface area contributed by atoms with E-state index in [0.29, 0.717) is 81.9 Å². The summed E-state index contributed by atoms with van der Waals surface area (Å²) in [4.78, 5) is 47.3. The normalized spacial score (nSPS) is 16.4. The van der Waals surface area contributed by atoms with Crippen LogP contribution in [0.4, 0.5) is 17.1 Å². The Hall–Kier alpha value is -5.71. The number of para-hydroxylation sites is 2. The highest BCUT2D eigenvalue weighted by Gasteiger charge is 2.39. The molecule has 3 amide bonds. The fourth-order valence-electron chi connectivity index (χ4n) is 10.9. The van der Waals surface area contributed by atoms with E-state index < -0.39 is 0 Å². The van der Waals surface area contributed by atoms with Crippen LogP contribution in [-0.4, -0.2) is 107 Å². The van der Waals surface area contributed by atoms with Crippen molar-refractivity contribution in [2.24, 2.45) is 0 Å². The number of aryl methyl sites for hydroxylation is 3. The Labute approximate surface area is 457 Å². The molecule has 4 aliphatic rings. The number of hydrogen-bond donors (Lipinski definition) is 1. The first kappa shape index (κ1) is 55.1. The van der Waals surface area contributed by atoms with Gasteiger partial charge >= 0.3 is 0 Å². The van der Waals surface area contributed by atoms with Crippen molar-refractivity contribution in [3.8, 4) is 17.2 Å². The molecule has 0 bridgehead atoms. The summed E-state index contributed by atoms with van der Waals surface area (Å²) in [5, 5.41) is 2.99. The lowest BCUT2D eigenvalue weighted by Crippen LogP contribution is -2.38. The SMILES string of the molecule is CCCNC(=O)CCSSC(C)(C)CN(CCOCCOCCOC)c1cc(COc2cc3c(cc2C)C(=O)N2c4ccccc4C[C@H]2CC3)cc(COc2cc3c(cc2OC)C(=O)N2c4ccccc4C[C@H]2CC3)c1. The topological polar surface area (TPSA) is 128 Å². The lowest BCUT2D eigenvalue weighted by atomic mass is 9.98. The number of benzene rings is 5. The van der Waals surface area contributed by atoms with Gasteiger partial charge in [0.05, 0.1) is 40.1 Å². The summed E-state index contributed by atoms with van der Waals surface area (Å²) in [6, 6.07) is 31.2. The van der Waals surface area contributed by atoms with Gasteiger partial charge in [0, 0.05) is 83.9 Å². The van der Waals surface area contributed by atoms with Crippen molar-refractivity contribution in [2.75, 3.05) is 87.3 Å². The van der Waals surface area contributed by atoms with Crippen molar-refractivity contribution < 1.29 is 42.8 Å². The van der Waals surface area contributed by atoms with Gasteiger partial charge in [0.25, 0.3) is 11.8 Å². The molecule has 0 unspecified atom stereocenters. The number of carbonyl (C=O) groups is 3. The third-order valence-electron chi connectivity index (χ3n) is 14.7. The van der Waals surface area contributed by atoms with E-state index in [0.717, 1.165) is 101 Å². The maximum atomic E-state index is 14.3. The minimum atomic E-state index is -0.228. The molecule has 0 spiro atoms. The van der Waals surface area contributed by atoms with Crippen LogP contribution in [0.2, 0.25) is 0 Å². The standard InChI is InChI=1S/C61H74N4O9S2/c1-7-21-62-58(66)20-28-75-76-61(3,4)40-63(22-23-71-26-27-72-25-24-69-5)50-31-42(38-73-55-35-44-16-18-48-33-46-12-8-10-14-53(46)64(48)59(67)51(44)29-41(55)2)30-43(32-50)39-74-57-36-45-17-19-49-34-47-13-9-11-15-54(47)65(49)60(68)52(45)37-56(57)70-6/h8-15,29-32,35-37,48-49H,7,16-28,33-34,38-40H2,1-6H3,(H,62,66)/t48-,49-/m1/s1. The molecule has 0 fully saturated rings. The van der Waals surface area contributed by atoms with Gasteiger partial charge in [0.2, 0.25) is 5.91 Å². The van der Waals surface area contributed by atoms with Crippen LogP contribution in [-0.2, 0) is 57.9 Å². The number of methoxy groups -OCH3 is 2. The van der Waals surface area contributed by atoms with E-state index >= 15 is 0 Å². The molecule has 2 atom stereocenters. The number of nitrogens with zero attached hydrogens (tertiary/aromatic N) is 3. The predicted octanol–water partition coefficient (Wildman–Crippen LogP) is 10.8. The summed E-state index contributed by atoms with van der Waals surface area (Å²) in [6.07, 6.45) is 6.34. The van der Waals surface area contributed by atoms with Crippen molar-refractivity contribution in [2.45, 2.75) is 109 Å². The molecule has 15 heteroatoms. The highest BCUT2D eigenvalue weighted by atomic mass is 33.1. The Kier molecular flexibility index (Phi) is 18.6. The third kappa shape index (κ3) is 13.2. The number of ether oxygens (including phenoxy) is 6. The van der Waals surface area contributed by atoms with Gasteiger partial charge in [-0.3, -0.25) is 14.4 Å². The van der Waals surface area contributed by atoms with Crippen molar-refractivity contribution in [3.05, 3.63) is 141 Å². The van der Waals surface area contributed by atoms with Gasteiger partial charge in [-0.15, -0.1) is 0 Å². The first-order valence-electron chi connectivity index (χ1n) is 27.0. The minimum Gasteiger partial charge on any atom is -0.493 e. The summed E-state index contributed by atoms with van der Waals surface area (Å²) < 4.78 is 36.3. The number of carbonyl (C=O) groups excluding carboxylic acids is 3. The van der Waals surface area contributed by atoms with E-state index in [-0.39, 0.29) is 47.8 Å². The number of nitrogens with one attached hydrogen (secondary N) is 1. The minimum absolute atomic E-state index is 0.00767. The fourth-order valence-corrected chi connectivity index (χ4v) is 13.4. The number of fused-ring (bicyclic) bond motifs is 8. The monoisotopic (exact) mass is 1070 g/mol. The van der Waals surface area contributed by atoms with Gasteiger partial charge in [-0.05, 0) is 159 Å². The summed E-state index contributed by atoms with van der Waals surface area (Å²) in [6.45, 7) is 13.5. The number of anilines is 3. The average molecular weight is 1070 g/mol. The van der Waals surface area contributed by atoms with Crippen LogP contribution in [0.5, 0.6) is 17.2 Å². The Morgan fingerprint density at radius 2 is 1.29 bits per heavy atom. The number of rotatable bonds is 26. The maximum Gasteiger partial charge on any atom is 0.258 e. The average Bonchev–Trinajstić information content (AvgIpc) is 3.93. The molecule has 0 aromatic heterocycles. The van der Waals surface area contributed by atoms with E-state index in [1.165, 1.54) is 11.1 Å². The Morgan fingerprint density at radius 1 is 0.711 bits per heavy atom. The Bertz CT molecular complexity index is 2860. The van der Waals surface area contributed by atoms with E-state index in [9.17, 15) is 14.4 Å². The van der Waals surface area contributed by atoms with Crippen molar-refractivity contribution >= 4 is 56.4 Å². The van der Waals surface area contributed by atoms with Gasteiger partial charge < -0.3 is 48.4 Å². The summed E-state index contributed by atoms with van der Waals surface area (Å²) in [5.74, 6) is 2.67. The van der Waals surface area contributed by atoms with Gasteiger partial charge in [-0.25, -0.2) is 0 Å². The summed E-state index contributed by atoms with van der Waals surface area (Å²) >= 11 is 0. The molecule has 4 aliphatic heterocycles. The van der Waals surface area contributed by atoms with E-state index in [2.05, 4.69) is 79.5 Å². The molecule has 0 saturated carbocycles.